The summed E-state index contributed by atoms with van der Waals surface area (Å²) >= 11 is 5.87. The van der Waals surface area contributed by atoms with Crippen LogP contribution in [0.1, 0.15) is 22.7 Å². The van der Waals surface area contributed by atoms with Gasteiger partial charge in [0.05, 0.1) is 22.1 Å². The van der Waals surface area contributed by atoms with Crippen molar-refractivity contribution < 1.29 is 32.8 Å². The Morgan fingerprint density at radius 3 is 2.29 bits per heavy atom. The predicted molar refractivity (Wildman–Crippen MR) is 121 cm³/mol. The third-order valence-electron chi connectivity index (χ3n) is 5.41. The number of hydrogen-bond donors (Lipinski definition) is 1. The van der Waals surface area contributed by atoms with E-state index in [0.29, 0.717) is 11.1 Å². The fourth-order valence-corrected chi connectivity index (χ4v) is 3.94. The van der Waals surface area contributed by atoms with Crippen LogP contribution in [0.25, 0.3) is 5.76 Å². The molecule has 11 heteroatoms. The zero-order chi connectivity index (χ0) is 25.5. The van der Waals surface area contributed by atoms with Gasteiger partial charge in [0, 0.05) is 28.4 Å². The molecule has 1 aliphatic heterocycles. The molecule has 0 radical (unpaired) electrons. The molecule has 35 heavy (non-hydrogen) atoms. The number of benzene rings is 3. The maximum Gasteiger partial charge on any atom is 0.416 e. The third kappa shape index (κ3) is 4.47. The largest absolute Gasteiger partial charge is 0.507 e. The number of nitro benzene ring substituents is 1. The Morgan fingerprint density at radius 2 is 1.66 bits per heavy atom. The van der Waals surface area contributed by atoms with Gasteiger partial charge in [-0.1, -0.05) is 29.8 Å². The first kappa shape index (κ1) is 24.0. The van der Waals surface area contributed by atoms with Crippen LogP contribution in [0.2, 0.25) is 5.02 Å². The Morgan fingerprint density at radius 1 is 1.00 bits per heavy atom. The average Bonchev–Trinajstić information content (AvgIpc) is 3.09. The van der Waals surface area contributed by atoms with Crippen molar-refractivity contribution in [3.05, 3.63) is 110 Å². The molecule has 0 aliphatic carbocycles. The molecule has 1 atom stereocenters. The number of alkyl halides is 3. The zero-order valence-corrected chi connectivity index (χ0v) is 18.2. The Kier molecular flexibility index (Phi) is 6.08. The van der Waals surface area contributed by atoms with Crippen molar-refractivity contribution in [3.8, 4) is 0 Å². The fourth-order valence-electron chi connectivity index (χ4n) is 3.82. The minimum Gasteiger partial charge on any atom is -0.507 e. The van der Waals surface area contributed by atoms with E-state index in [1.165, 1.54) is 48.5 Å². The molecule has 3 aromatic carbocycles. The second-order valence-electron chi connectivity index (χ2n) is 7.58. The molecular weight excluding hydrogens is 489 g/mol. The number of nitrogens with zero attached hydrogens (tertiary/aromatic N) is 2. The number of aliphatic hydroxyl groups is 1. The third-order valence-corrected chi connectivity index (χ3v) is 5.66. The number of ketones is 1. The van der Waals surface area contributed by atoms with E-state index in [4.69, 9.17) is 11.6 Å². The molecule has 3 aromatic rings. The highest BCUT2D eigenvalue weighted by molar-refractivity contribution is 6.51. The van der Waals surface area contributed by atoms with Crippen molar-refractivity contribution in [2.24, 2.45) is 0 Å². The molecule has 0 bridgehead atoms. The first-order valence-corrected chi connectivity index (χ1v) is 10.4. The first-order valence-electron chi connectivity index (χ1n) is 9.97. The minimum atomic E-state index is -4.73. The van der Waals surface area contributed by atoms with Gasteiger partial charge in [-0.25, -0.2) is 0 Å². The lowest BCUT2D eigenvalue weighted by atomic mass is 9.94. The maximum absolute atomic E-state index is 13.3. The molecule has 0 spiro atoms. The van der Waals surface area contributed by atoms with Crippen molar-refractivity contribution >= 4 is 40.4 Å². The number of rotatable bonds is 4. The van der Waals surface area contributed by atoms with Crippen LogP contribution in [0.4, 0.5) is 24.5 Å². The van der Waals surface area contributed by atoms with E-state index in [0.717, 1.165) is 23.1 Å². The summed E-state index contributed by atoms with van der Waals surface area (Å²) in [4.78, 5) is 37.6. The lowest BCUT2D eigenvalue weighted by Crippen LogP contribution is -2.29. The van der Waals surface area contributed by atoms with E-state index in [1.54, 1.807) is 0 Å². The van der Waals surface area contributed by atoms with E-state index in [9.17, 15) is 38.0 Å². The van der Waals surface area contributed by atoms with Crippen LogP contribution in [-0.2, 0) is 15.8 Å². The van der Waals surface area contributed by atoms with Gasteiger partial charge < -0.3 is 5.11 Å². The number of halogens is 4. The minimum absolute atomic E-state index is 0.0475. The monoisotopic (exact) mass is 502 g/mol. The number of hydrogen-bond acceptors (Lipinski definition) is 5. The average molecular weight is 503 g/mol. The molecule has 0 saturated carbocycles. The van der Waals surface area contributed by atoms with Gasteiger partial charge in [-0.3, -0.25) is 24.6 Å². The van der Waals surface area contributed by atoms with E-state index in [2.05, 4.69) is 0 Å². The van der Waals surface area contributed by atoms with Gasteiger partial charge in [0.15, 0.2) is 0 Å². The van der Waals surface area contributed by atoms with Gasteiger partial charge >= 0.3 is 6.18 Å². The van der Waals surface area contributed by atoms with Crippen molar-refractivity contribution in [2.75, 3.05) is 4.90 Å². The van der Waals surface area contributed by atoms with Crippen LogP contribution >= 0.6 is 11.6 Å². The first-order chi connectivity index (χ1) is 16.5. The van der Waals surface area contributed by atoms with Gasteiger partial charge in [-0.15, -0.1) is 0 Å². The lowest BCUT2D eigenvalue weighted by molar-refractivity contribution is -0.384. The van der Waals surface area contributed by atoms with E-state index >= 15 is 0 Å². The highest BCUT2D eigenvalue weighted by Gasteiger charge is 2.47. The Balaban J connectivity index is 1.97. The Hall–Kier alpha value is -4.18. The lowest BCUT2D eigenvalue weighted by Gasteiger charge is -2.26. The molecular formula is C24H14ClF3N2O5. The van der Waals surface area contributed by atoms with Gasteiger partial charge in [0.1, 0.15) is 5.76 Å². The van der Waals surface area contributed by atoms with E-state index < -0.39 is 45.7 Å². The van der Waals surface area contributed by atoms with Crippen molar-refractivity contribution in [1.29, 1.82) is 0 Å². The Labute approximate surface area is 200 Å². The van der Waals surface area contributed by atoms with Crippen LogP contribution < -0.4 is 4.90 Å². The van der Waals surface area contributed by atoms with Crippen LogP contribution in [0.15, 0.2) is 78.4 Å². The Bertz CT molecular complexity index is 1390. The normalized spacial score (nSPS) is 17.6. The molecule has 1 amide bonds. The van der Waals surface area contributed by atoms with Crippen LogP contribution in [-0.4, -0.2) is 21.7 Å². The number of nitro groups is 1. The fraction of sp³-hybridized carbons (Fsp3) is 0.0833. The standard InChI is InChI=1S/C24H14ClF3N2O5/c25-16-9-7-13(8-10-16)21(31)19-20(14-3-1-6-18(11-14)30(34)35)29(23(33)22(19)32)17-5-2-4-15(12-17)24(26,27)28/h1-12,20,31H/b21-19-. The second kappa shape index (κ2) is 8.88. The van der Waals surface area contributed by atoms with Crippen LogP contribution in [0.3, 0.4) is 0 Å². The number of Topliss-reactive ketones (excluding diaryl/α,β-unsaturated/α-hetero) is 1. The summed E-state index contributed by atoms with van der Waals surface area (Å²) < 4.78 is 40.0. The molecule has 0 aromatic heterocycles. The van der Waals surface area contributed by atoms with E-state index in [-0.39, 0.29) is 22.5 Å². The second-order valence-corrected chi connectivity index (χ2v) is 8.01. The summed E-state index contributed by atoms with van der Waals surface area (Å²) in [6, 6.07) is 12.9. The molecule has 7 nitrogen and oxygen atoms in total. The van der Waals surface area contributed by atoms with E-state index in [1.807, 2.05) is 0 Å². The molecule has 1 unspecified atom stereocenters. The molecule has 1 aliphatic rings. The predicted octanol–water partition coefficient (Wildman–Crippen LogP) is 5.89. The zero-order valence-electron chi connectivity index (χ0n) is 17.5. The molecule has 4 rings (SSSR count). The molecule has 1 heterocycles. The highest BCUT2D eigenvalue weighted by atomic mass is 35.5. The summed E-state index contributed by atoms with van der Waals surface area (Å²) in [7, 11) is 0. The molecule has 1 saturated heterocycles. The number of aliphatic hydroxyl groups excluding tert-OH is 1. The van der Waals surface area contributed by atoms with Crippen LogP contribution in [0.5, 0.6) is 0 Å². The smallest absolute Gasteiger partial charge is 0.416 e. The maximum atomic E-state index is 13.3. The quantitative estimate of drug-likeness (QED) is 0.157. The van der Waals surface area contributed by atoms with Crippen LogP contribution in [0, 0.1) is 10.1 Å². The van der Waals surface area contributed by atoms with Gasteiger partial charge in [-0.2, -0.15) is 13.2 Å². The topological polar surface area (TPSA) is 101 Å². The molecule has 178 valence electrons. The number of carbonyl (C=O) groups is 2. The number of non-ortho nitro benzene ring substituents is 1. The summed E-state index contributed by atoms with van der Waals surface area (Å²) in [6.45, 7) is 0. The summed E-state index contributed by atoms with van der Waals surface area (Å²) in [5.74, 6) is -2.96. The van der Waals surface area contributed by atoms with Gasteiger partial charge in [0.25, 0.3) is 17.4 Å². The van der Waals surface area contributed by atoms with Crippen molar-refractivity contribution in [3.63, 3.8) is 0 Å². The number of anilines is 1. The highest BCUT2D eigenvalue weighted by Crippen LogP contribution is 2.44. The number of carbonyl (C=O) groups excluding carboxylic acids is 2. The van der Waals surface area contributed by atoms with Crippen molar-refractivity contribution in [1.82, 2.24) is 0 Å². The number of amides is 1. The molecule has 1 N–H and O–H groups in total. The summed E-state index contributed by atoms with van der Waals surface area (Å²) in [5.41, 5.74) is -1.97. The summed E-state index contributed by atoms with van der Waals surface area (Å²) in [6.07, 6.45) is -4.73. The van der Waals surface area contributed by atoms with Gasteiger partial charge in [0.2, 0.25) is 0 Å². The van der Waals surface area contributed by atoms with Crippen molar-refractivity contribution in [2.45, 2.75) is 12.2 Å². The summed E-state index contributed by atoms with van der Waals surface area (Å²) in [5, 5.41) is 22.6. The van der Waals surface area contributed by atoms with Gasteiger partial charge in [-0.05, 0) is 48.0 Å². The SMILES string of the molecule is O=C1C(=O)N(c2cccc(C(F)(F)F)c2)C(c2cccc([N+](=O)[O-])c2)/C1=C(/O)c1ccc(Cl)cc1. The molecule has 1 fully saturated rings.